The fourth-order valence-electron chi connectivity index (χ4n) is 6.00. The summed E-state index contributed by atoms with van der Waals surface area (Å²) in [5.74, 6) is -0.736. The molecule has 2 saturated carbocycles. The Morgan fingerprint density at radius 1 is 1.24 bits per heavy atom. The number of ether oxygens (including phenoxy) is 2. The molecule has 7 rings (SSSR count). The van der Waals surface area contributed by atoms with E-state index in [1.54, 1.807) is 36.4 Å². The summed E-state index contributed by atoms with van der Waals surface area (Å²) in [5, 5.41) is 16.1. The number of benzene rings is 2. The monoisotopic (exact) mass is 588 g/mol. The smallest absolute Gasteiger partial charge is 0.251 e. The third-order valence-electron chi connectivity index (χ3n) is 8.58. The van der Waals surface area contributed by atoms with Crippen molar-refractivity contribution in [1.29, 1.82) is 0 Å². The van der Waals surface area contributed by atoms with Crippen LogP contribution >= 0.6 is 11.6 Å². The maximum Gasteiger partial charge on any atom is 0.251 e. The van der Waals surface area contributed by atoms with Gasteiger partial charge in [-0.1, -0.05) is 11.6 Å². The molecule has 0 radical (unpaired) electrons. The minimum atomic E-state index is -1.56. The van der Waals surface area contributed by atoms with Crippen molar-refractivity contribution in [2.45, 2.75) is 36.4 Å². The molecule has 11 heteroatoms. The summed E-state index contributed by atoms with van der Waals surface area (Å²) in [6.07, 6.45) is 2.97. The molecular formula is C31H26ClFN4O5. The number of carbonyl (C=O) groups is 2. The Balaban J connectivity index is 1.27. The van der Waals surface area contributed by atoms with Crippen LogP contribution in [0.3, 0.4) is 0 Å². The molecule has 3 heterocycles. The van der Waals surface area contributed by atoms with E-state index in [2.05, 4.69) is 10.3 Å². The van der Waals surface area contributed by atoms with Crippen LogP contribution in [0.4, 0.5) is 4.39 Å². The number of nitrogens with one attached hydrogen (secondary N) is 1. The highest BCUT2D eigenvalue weighted by atomic mass is 35.5. The third kappa shape index (κ3) is 4.08. The van der Waals surface area contributed by atoms with Crippen molar-refractivity contribution in [3.8, 4) is 22.8 Å². The number of pyridine rings is 2. The maximum atomic E-state index is 13.8. The highest BCUT2D eigenvalue weighted by Crippen LogP contribution is 2.61. The first-order chi connectivity index (χ1) is 20.1. The second-order valence-electron chi connectivity index (χ2n) is 11.2. The van der Waals surface area contributed by atoms with E-state index < -0.39 is 34.8 Å². The molecule has 4 aromatic rings. The maximum absolute atomic E-state index is 13.8. The van der Waals surface area contributed by atoms with Gasteiger partial charge in [-0.25, -0.2) is 9.37 Å². The molecule has 42 heavy (non-hydrogen) atoms. The van der Waals surface area contributed by atoms with E-state index in [1.807, 2.05) is 0 Å². The van der Waals surface area contributed by atoms with Crippen LogP contribution in [0.1, 0.15) is 40.9 Å². The SMILES string of the molecule is COc1cc(C(=O)NCC(O)(c2cc3c(c(-c4ccc(F)cc4)n2)OC2C[C@@]32C(N)=O)C2CC2)cc2cc(Cl)cnc12. The zero-order chi connectivity index (χ0) is 29.4. The largest absolute Gasteiger partial charge is 0.494 e. The van der Waals surface area contributed by atoms with Crippen LogP contribution in [0.5, 0.6) is 11.5 Å². The molecule has 0 spiro atoms. The minimum Gasteiger partial charge on any atom is -0.494 e. The molecule has 3 aliphatic rings. The normalized spacial score (nSPS) is 21.6. The number of primary amides is 1. The van der Waals surface area contributed by atoms with Crippen molar-refractivity contribution < 1.29 is 28.6 Å². The highest BCUT2D eigenvalue weighted by Gasteiger charge is 2.68. The molecule has 0 bridgehead atoms. The van der Waals surface area contributed by atoms with E-state index in [0.717, 1.165) is 12.8 Å². The van der Waals surface area contributed by atoms with Crippen LogP contribution in [-0.4, -0.2) is 46.6 Å². The molecule has 2 aliphatic carbocycles. The summed E-state index contributed by atoms with van der Waals surface area (Å²) >= 11 is 6.12. The minimum absolute atomic E-state index is 0.146. The topological polar surface area (TPSA) is 137 Å². The molecule has 2 aromatic heterocycles. The molecular weight excluding hydrogens is 563 g/mol. The van der Waals surface area contributed by atoms with Gasteiger partial charge in [0.05, 0.1) is 24.4 Å². The molecule has 2 amide bonds. The van der Waals surface area contributed by atoms with Crippen molar-refractivity contribution in [1.82, 2.24) is 15.3 Å². The zero-order valence-corrected chi connectivity index (χ0v) is 23.2. The first-order valence-electron chi connectivity index (χ1n) is 13.6. The number of hydrogen-bond donors (Lipinski definition) is 3. The van der Waals surface area contributed by atoms with Crippen molar-refractivity contribution >= 4 is 34.3 Å². The predicted octanol–water partition coefficient (Wildman–Crippen LogP) is 4.01. The molecule has 0 saturated heterocycles. The number of rotatable bonds is 8. The number of aliphatic hydroxyl groups is 1. The molecule has 2 fully saturated rings. The highest BCUT2D eigenvalue weighted by molar-refractivity contribution is 6.31. The van der Waals surface area contributed by atoms with Gasteiger partial charge in [0.2, 0.25) is 5.91 Å². The number of hydrogen-bond acceptors (Lipinski definition) is 7. The van der Waals surface area contributed by atoms with Crippen LogP contribution in [0, 0.1) is 11.7 Å². The average molecular weight is 589 g/mol. The molecule has 4 N–H and O–H groups in total. The summed E-state index contributed by atoms with van der Waals surface area (Å²) < 4.78 is 25.3. The van der Waals surface area contributed by atoms with Crippen molar-refractivity contribution in [2.24, 2.45) is 11.7 Å². The van der Waals surface area contributed by atoms with Gasteiger partial charge in [0.25, 0.3) is 5.91 Å². The van der Waals surface area contributed by atoms with Crippen LogP contribution in [0.2, 0.25) is 5.02 Å². The van der Waals surface area contributed by atoms with Gasteiger partial charge in [-0.2, -0.15) is 0 Å². The van der Waals surface area contributed by atoms with E-state index in [4.69, 9.17) is 31.8 Å². The third-order valence-corrected chi connectivity index (χ3v) is 8.79. The number of nitrogens with zero attached hydrogens (tertiary/aromatic N) is 2. The molecule has 2 aromatic carbocycles. The van der Waals surface area contributed by atoms with E-state index >= 15 is 0 Å². The lowest BCUT2D eigenvalue weighted by Crippen LogP contribution is -2.43. The average Bonchev–Trinajstić information content (AvgIpc) is 3.92. The van der Waals surface area contributed by atoms with Crippen LogP contribution < -0.4 is 20.5 Å². The first-order valence-corrected chi connectivity index (χ1v) is 13.9. The van der Waals surface area contributed by atoms with E-state index in [-0.39, 0.29) is 18.2 Å². The molecule has 2 unspecified atom stereocenters. The number of fused-ring (bicyclic) bond motifs is 4. The van der Waals surface area contributed by atoms with Gasteiger partial charge < -0.3 is 25.6 Å². The van der Waals surface area contributed by atoms with Crippen molar-refractivity contribution in [3.63, 3.8) is 0 Å². The Kier molecular flexibility index (Phi) is 5.93. The van der Waals surface area contributed by atoms with Gasteiger partial charge in [-0.15, -0.1) is 0 Å². The van der Waals surface area contributed by atoms with Gasteiger partial charge in [0, 0.05) is 34.7 Å². The van der Waals surface area contributed by atoms with Crippen LogP contribution in [-0.2, 0) is 15.8 Å². The summed E-state index contributed by atoms with van der Waals surface area (Å²) in [6, 6.07) is 12.4. The number of aromatic nitrogens is 2. The first kappa shape index (κ1) is 26.6. The summed E-state index contributed by atoms with van der Waals surface area (Å²) in [7, 11) is 1.49. The summed E-state index contributed by atoms with van der Waals surface area (Å²) in [4.78, 5) is 35.1. The molecule has 3 atom stereocenters. The number of carbonyl (C=O) groups excluding carboxylic acids is 2. The lowest BCUT2D eigenvalue weighted by molar-refractivity contribution is -0.120. The second-order valence-corrected chi connectivity index (χ2v) is 11.6. The summed E-state index contributed by atoms with van der Waals surface area (Å²) in [6.45, 7) is -0.146. The van der Waals surface area contributed by atoms with Gasteiger partial charge in [-0.05, 0) is 67.3 Å². The lowest BCUT2D eigenvalue weighted by Gasteiger charge is -2.30. The quantitative estimate of drug-likeness (QED) is 0.283. The van der Waals surface area contributed by atoms with Crippen LogP contribution in [0.15, 0.2) is 54.7 Å². The second kappa shape index (κ2) is 9.37. The lowest BCUT2D eigenvalue weighted by atomic mass is 9.87. The van der Waals surface area contributed by atoms with Gasteiger partial charge in [0.15, 0.2) is 5.75 Å². The number of halogens is 2. The standard InChI is InChI=1S/C31H26ClFN4O5/c1-41-22-10-17(8-16-9-19(32)13-35-25(16)22)28(38)36-14-31(40,18-4-5-18)23-11-21-27(42-24-12-30(21,24)29(34)39)26(37-23)15-2-6-20(33)7-3-15/h2-3,6-11,13,18,24,40H,4-5,12,14H2,1H3,(H2,34,39)(H,36,38)/t24?,30-,31?/m1/s1. The Morgan fingerprint density at radius 2 is 2.00 bits per heavy atom. The fraction of sp³-hybridized carbons (Fsp3) is 0.290. The fourth-order valence-corrected chi connectivity index (χ4v) is 6.17. The van der Waals surface area contributed by atoms with Crippen molar-refractivity contribution in [3.05, 3.63) is 82.4 Å². The van der Waals surface area contributed by atoms with Gasteiger partial charge in [-0.3, -0.25) is 14.6 Å². The van der Waals surface area contributed by atoms with Crippen LogP contribution in [0.25, 0.3) is 22.2 Å². The Morgan fingerprint density at radius 3 is 2.69 bits per heavy atom. The number of methoxy groups -OCH3 is 1. The Bertz CT molecular complexity index is 1800. The van der Waals surface area contributed by atoms with Gasteiger partial charge in [0.1, 0.15) is 39.9 Å². The number of amides is 2. The predicted molar refractivity (Wildman–Crippen MR) is 152 cm³/mol. The van der Waals surface area contributed by atoms with Crippen molar-refractivity contribution in [2.75, 3.05) is 13.7 Å². The Hall–Kier alpha value is -4.28. The number of nitrogens with two attached hydrogens (primary N) is 1. The Labute approximate surface area is 244 Å². The molecule has 214 valence electrons. The van der Waals surface area contributed by atoms with E-state index in [1.165, 1.54) is 25.4 Å². The molecule has 1 aliphatic heterocycles. The van der Waals surface area contributed by atoms with Gasteiger partial charge >= 0.3 is 0 Å². The van der Waals surface area contributed by atoms with E-state index in [9.17, 15) is 19.1 Å². The zero-order valence-electron chi connectivity index (χ0n) is 22.5. The molecule has 9 nitrogen and oxygen atoms in total. The summed E-state index contributed by atoms with van der Waals surface area (Å²) in [5.41, 5.74) is 5.91. The van der Waals surface area contributed by atoms with E-state index in [0.29, 0.717) is 56.2 Å².